The monoisotopic (exact) mass is 203 g/mol. The number of rotatable bonds is 2. The molecule has 0 atom stereocenters. The van der Waals surface area contributed by atoms with Crippen LogP contribution < -0.4 is 5.73 Å². The van der Waals surface area contributed by atoms with Crippen LogP contribution in [-0.2, 0) is 0 Å². The van der Waals surface area contributed by atoms with Crippen LogP contribution >= 0.6 is 0 Å². The van der Waals surface area contributed by atoms with Gasteiger partial charge in [-0.05, 0) is 6.92 Å². The highest BCUT2D eigenvalue weighted by molar-refractivity contribution is 5.58. The van der Waals surface area contributed by atoms with Crippen LogP contribution in [0.15, 0.2) is 6.20 Å². The molecule has 0 saturated carbocycles. The third kappa shape index (κ3) is 1.61. The molecule has 14 heavy (non-hydrogen) atoms. The van der Waals surface area contributed by atoms with Gasteiger partial charge >= 0.3 is 5.69 Å². The Morgan fingerprint density at radius 3 is 2.57 bits per heavy atom. The highest BCUT2D eigenvalue weighted by atomic mass is 19.3. The molecule has 0 unspecified atom stereocenters. The van der Waals surface area contributed by atoms with Gasteiger partial charge in [-0.1, -0.05) is 0 Å². The first-order valence-electron chi connectivity index (χ1n) is 3.62. The van der Waals surface area contributed by atoms with Crippen LogP contribution in [0.3, 0.4) is 0 Å². The second-order valence-corrected chi connectivity index (χ2v) is 2.62. The molecule has 0 radical (unpaired) electrons. The van der Waals surface area contributed by atoms with Gasteiger partial charge in [0.2, 0.25) is 0 Å². The number of aromatic nitrogens is 1. The third-order valence-corrected chi connectivity index (χ3v) is 1.71. The molecule has 0 spiro atoms. The molecule has 0 aliphatic rings. The average Bonchev–Trinajstić information content (AvgIpc) is 2.07. The summed E-state index contributed by atoms with van der Waals surface area (Å²) in [6.07, 6.45) is -1.99. The molecular formula is C7H7F2N3O2. The van der Waals surface area contributed by atoms with E-state index in [1.165, 1.54) is 6.92 Å². The number of pyridine rings is 1. The van der Waals surface area contributed by atoms with Crippen molar-refractivity contribution < 1.29 is 13.7 Å². The summed E-state index contributed by atoms with van der Waals surface area (Å²) in [5.74, 6) is 0. The number of nitrogens with zero attached hydrogens (tertiary/aromatic N) is 2. The lowest BCUT2D eigenvalue weighted by Crippen LogP contribution is -2.04. The van der Waals surface area contributed by atoms with Crippen molar-refractivity contribution in [2.45, 2.75) is 13.3 Å². The quantitative estimate of drug-likeness (QED) is 0.587. The van der Waals surface area contributed by atoms with E-state index in [1.807, 2.05) is 0 Å². The van der Waals surface area contributed by atoms with Gasteiger partial charge in [0.25, 0.3) is 6.43 Å². The van der Waals surface area contributed by atoms with E-state index in [0.717, 1.165) is 6.20 Å². The Balaban J connectivity index is 3.50. The molecule has 0 aliphatic heterocycles. The highest BCUT2D eigenvalue weighted by Gasteiger charge is 2.27. The summed E-state index contributed by atoms with van der Waals surface area (Å²) < 4.78 is 24.8. The number of hydrogen-bond donors (Lipinski definition) is 1. The van der Waals surface area contributed by atoms with Crippen LogP contribution in [0.1, 0.15) is 17.7 Å². The minimum absolute atomic E-state index is 0.0699. The number of aryl methyl sites for hydroxylation is 1. The van der Waals surface area contributed by atoms with Crippen molar-refractivity contribution in [1.29, 1.82) is 0 Å². The minimum Gasteiger partial charge on any atom is -0.397 e. The Labute approximate surface area is 77.7 Å². The Bertz CT molecular complexity index is 381. The number of anilines is 1. The predicted octanol–water partition coefficient (Wildman–Crippen LogP) is 1.82. The van der Waals surface area contributed by atoms with E-state index in [0.29, 0.717) is 0 Å². The molecule has 1 heterocycles. The van der Waals surface area contributed by atoms with Gasteiger partial charge in [-0.2, -0.15) is 0 Å². The molecule has 0 aliphatic carbocycles. The van der Waals surface area contributed by atoms with Crippen molar-refractivity contribution in [2.24, 2.45) is 0 Å². The molecule has 1 aromatic rings. The van der Waals surface area contributed by atoms with Crippen molar-refractivity contribution in [3.8, 4) is 0 Å². The summed E-state index contributed by atoms with van der Waals surface area (Å²) in [6, 6.07) is 0. The molecule has 1 rings (SSSR count). The van der Waals surface area contributed by atoms with Gasteiger partial charge in [0.1, 0.15) is 11.3 Å². The van der Waals surface area contributed by atoms with Gasteiger partial charge in [-0.25, -0.2) is 8.78 Å². The lowest BCUT2D eigenvalue weighted by Gasteiger charge is -2.06. The fraction of sp³-hybridized carbons (Fsp3) is 0.286. The van der Waals surface area contributed by atoms with E-state index in [4.69, 9.17) is 5.73 Å². The molecule has 5 nitrogen and oxygen atoms in total. The lowest BCUT2D eigenvalue weighted by atomic mass is 10.1. The molecule has 2 N–H and O–H groups in total. The molecule has 1 aromatic heterocycles. The summed E-state index contributed by atoms with van der Waals surface area (Å²) in [5.41, 5.74) is 3.28. The van der Waals surface area contributed by atoms with Crippen LogP contribution in [0.5, 0.6) is 0 Å². The fourth-order valence-corrected chi connectivity index (χ4v) is 1.09. The van der Waals surface area contributed by atoms with Crippen molar-refractivity contribution >= 4 is 11.4 Å². The van der Waals surface area contributed by atoms with Crippen LogP contribution in [-0.4, -0.2) is 9.91 Å². The van der Waals surface area contributed by atoms with Gasteiger partial charge in [0.15, 0.2) is 0 Å². The van der Waals surface area contributed by atoms with E-state index in [2.05, 4.69) is 4.98 Å². The number of nitrogens with two attached hydrogens (primary N) is 1. The zero-order chi connectivity index (χ0) is 10.9. The first-order chi connectivity index (χ1) is 6.45. The maximum atomic E-state index is 12.4. The zero-order valence-electron chi connectivity index (χ0n) is 7.20. The summed E-state index contributed by atoms with van der Waals surface area (Å²) in [5, 5.41) is 10.5. The molecule has 0 bridgehead atoms. The van der Waals surface area contributed by atoms with Gasteiger partial charge in [0, 0.05) is 0 Å². The second-order valence-electron chi connectivity index (χ2n) is 2.62. The van der Waals surface area contributed by atoms with E-state index < -0.39 is 22.6 Å². The first kappa shape index (κ1) is 10.3. The Hall–Kier alpha value is -1.79. The Kier molecular flexibility index (Phi) is 2.59. The van der Waals surface area contributed by atoms with Gasteiger partial charge in [-0.15, -0.1) is 0 Å². The minimum atomic E-state index is -2.97. The molecular weight excluding hydrogens is 196 g/mol. The van der Waals surface area contributed by atoms with Crippen molar-refractivity contribution in [3.63, 3.8) is 0 Å². The van der Waals surface area contributed by atoms with Crippen LogP contribution in [0.25, 0.3) is 0 Å². The standard InChI is InChI=1S/C7H7F2N3O2/c1-3-6(12(13)14)5(7(8)9)4(10)2-11-3/h2,7H,10H2,1H3. The molecule has 0 aromatic carbocycles. The molecule has 7 heteroatoms. The summed E-state index contributed by atoms with van der Waals surface area (Å²) in [4.78, 5) is 13.1. The van der Waals surface area contributed by atoms with E-state index >= 15 is 0 Å². The van der Waals surface area contributed by atoms with E-state index in [1.54, 1.807) is 0 Å². The smallest absolute Gasteiger partial charge is 0.301 e. The highest BCUT2D eigenvalue weighted by Crippen LogP contribution is 2.34. The lowest BCUT2D eigenvalue weighted by molar-refractivity contribution is -0.387. The van der Waals surface area contributed by atoms with Gasteiger partial charge in [-0.3, -0.25) is 15.1 Å². The third-order valence-electron chi connectivity index (χ3n) is 1.71. The number of alkyl halides is 2. The van der Waals surface area contributed by atoms with Crippen molar-refractivity contribution in [2.75, 3.05) is 5.73 Å². The second kappa shape index (κ2) is 3.52. The number of nitrogen functional groups attached to an aromatic ring is 1. The largest absolute Gasteiger partial charge is 0.397 e. The molecule has 0 saturated heterocycles. The summed E-state index contributed by atoms with van der Waals surface area (Å²) in [6.45, 7) is 1.28. The maximum Gasteiger partial charge on any atom is 0.301 e. The summed E-state index contributed by atoms with van der Waals surface area (Å²) >= 11 is 0. The molecule has 0 amide bonds. The zero-order valence-corrected chi connectivity index (χ0v) is 7.20. The summed E-state index contributed by atoms with van der Waals surface area (Å²) in [7, 11) is 0. The number of hydrogen-bond acceptors (Lipinski definition) is 4. The Morgan fingerprint density at radius 2 is 2.21 bits per heavy atom. The number of nitro groups is 1. The normalized spacial score (nSPS) is 10.6. The van der Waals surface area contributed by atoms with Crippen LogP contribution in [0.2, 0.25) is 0 Å². The van der Waals surface area contributed by atoms with Gasteiger partial charge < -0.3 is 5.73 Å². The van der Waals surface area contributed by atoms with Crippen molar-refractivity contribution in [1.82, 2.24) is 4.98 Å². The first-order valence-corrected chi connectivity index (χ1v) is 3.62. The molecule has 76 valence electrons. The predicted molar refractivity (Wildman–Crippen MR) is 45.0 cm³/mol. The molecule has 0 fully saturated rings. The Morgan fingerprint density at radius 1 is 1.64 bits per heavy atom. The van der Waals surface area contributed by atoms with E-state index in [-0.39, 0.29) is 11.4 Å². The SMILES string of the molecule is Cc1ncc(N)c(C(F)F)c1[N+](=O)[O-]. The maximum absolute atomic E-state index is 12.4. The number of halogens is 2. The van der Waals surface area contributed by atoms with Crippen molar-refractivity contribution in [3.05, 3.63) is 27.6 Å². The van der Waals surface area contributed by atoms with E-state index in [9.17, 15) is 18.9 Å². The average molecular weight is 203 g/mol. The van der Waals surface area contributed by atoms with Crippen LogP contribution in [0, 0.1) is 17.0 Å². The topological polar surface area (TPSA) is 82.0 Å². The fourth-order valence-electron chi connectivity index (χ4n) is 1.09. The van der Waals surface area contributed by atoms with Gasteiger partial charge in [0.05, 0.1) is 16.8 Å². The van der Waals surface area contributed by atoms with Crippen LogP contribution in [0.4, 0.5) is 20.2 Å².